The van der Waals surface area contributed by atoms with Gasteiger partial charge in [-0.25, -0.2) is 0 Å². The Labute approximate surface area is 110 Å². The minimum absolute atomic E-state index is 0.356. The molecular weight excluding hydrogens is 224 g/mol. The van der Waals surface area contributed by atoms with E-state index >= 15 is 0 Å². The van der Waals surface area contributed by atoms with Crippen LogP contribution in [-0.2, 0) is 7.05 Å². The van der Waals surface area contributed by atoms with Crippen LogP contribution in [0.1, 0.15) is 52.8 Å². The lowest BCUT2D eigenvalue weighted by Gasteiger charge is -2.20. The Hall–Kier alpha value is -0.900. The molecule has 4 nitrogen and oxygen atoms in total. The lowest BCUT2D eigenvalue weighted by Crippen LogP contribution is -2.28. The Balaban J connectivity index is 2.26. The minimum atomic E-state index is 0.356. The smallest absolute Gasteiger partial charge is 0.0756 e. The topological polar surface area (TPSA) is 42.7 Å². The Morgan fingerprint density at radius 2 is 1.94 bits per heavy atom. The van der Waals surface area contributed by atoms with E-state index in [4.69, 9.17) is 0 Å². The van der Waals surface area contributed by atoms with Crippen LogP contribution in [0, 0.1) is 16.7 Å². The first-order valence-corrected chi connectivity index (χ1v) is 6.92. The molecule has 1 unspecified atom stereocenters. The SMILES string of the molecule is CCCNC(c1cnnn1C)C1C(C)(C)C1(C)C. The van der Waals surface area contributed by atoms with E-state index in [9.17, 15) is 0 Å². The number of nitrogens with one attached hydrogen (secondary N) is 1. The average Bonchev–Trinajstić information content (AvgIpc) is 2.64. The molecule has 1 fully saturated rings. The predicted molar refractivity (Wildman–Crippen MR) is 73.1 cm³/mol. The Kier molecular flexibility index (Phi) is 3.26. The first-order valence-electron chi connectivity index (χ1n) is 6.92. The maximum Gasteiger partial charge on any atom is 0.0756 e. The van der Waals surface area contributed by atoms with E-state index in [1.165, 1.54) is 5.69 Å². The second kappa shape index (κ2) is 4.34. The highest BCUT2D eigenvalue weighted by molar-refractivity contribution is 5.21. The zero-order chi connectivity index (χ0) is 13.6. The summed E-state index contributed by atoms with van der Waals surface area (Å²) < 4.78 is 1.90. The van der Waals surface area contributed by atoms with Crippen molar-refractivity contribution in [3.63, 3.8) is 0 Å². The van der Waals surface area contributed by atoms with Crippen molar-refractivity contribution in [1.29, 1.82) is 0 Å². The van der Waals surface area contributed by atoms with Crippen LogP contribution in [-0.4, -0.2) is 21.5 Å². The lowest BCUT2D eigenvalue weighted by atomic mass is 10.0. The molecule has 2 rings (SSSR count). The average molecular weight is 250 g/mol. The molecule has 1 N–H and O–H groups in total. The number of aryl methyl sites for hydroxylation is 1. The molecule has 0 aromatic carbocycles. The predicted octanol–water partition coefficient (Wildman–Crippen LogP) is 2.54. The fourth-order valence-corrected chi connectivity index (χ4v) is 3.35. The van der Waals surface area contributed by atoms with Gasteiger partial charge in [-0.15, -0.1) is 5.10 Å². The third-order valence-corrected chi connectivity index (χ3v) is 5.15. The zero-order valence-corrected chi connectivity index (χ0v) is 12.5. The van der Waals surface area contributed by atoms with Gasteiger partial charge in [-0.05, 0) is 29.7 Å². The Morgan fingerprint density at radius 3 is 2.33 bits per heavy atom. The van der Waals surface area contributed by atoms with Crippen LogP contribution >= 0.6 is 0 Å². The summed E-state index contributed by atoms with van der Waals surface area (Å²) in [6.07, 6.45) is 3.05. The van der Waals surface area contributed by atoms with Crippen LogP contribution in [0.3, 0.4) is 0 Å². The maximum absolute atomic E-state index is 4.08. The molecule has 0 spiro atoms. The molecule has 18 heavy (non-hydrogen) atoms. The number of hydrogen-bond acceptors (Lipinski definition) is 3. The Bertz CT molecular complexity index is 405. The summed E-state index contributed by atoms with van der Waals surface area (Å²) >= 11 is 0. The molecule has 1 aromatic heterocycles. The zero-order valence-electron chi connectivity index (χ0n) is 12.5. The van der Waals surface area contributed by atoms with Crippen LogP contribution in [0.5, 0.6) is 0 Å². The van der Waals surface area contributed by atoms with Gasteiger partial charge in [0, 0.05) is 7.05 Å². The molecular formula is C14H26N4. The van der Waals surface area contributed by atoms with Gasteiger partial charge in [0.1, 0.15) is 0 Å². The van der Waals surface area contributed by atoms with Gasteiger partial charge in [0.05, 0.1) is 17.9 Å². The van der Waals surface area contributed by atoms with Crippen molar-refractivity contribution < 1.29 is 0 Å². The summed E-state index contributed by atoms with van der Waals surface area (Å²) in [6, 6.07) is 0.356. The summed E-state index contributed by atoms with van der Waals surface area (Å²) in [6.45, 7) is 12.7. The standard InChI is InChI=1S/C14H26N4/c1-7-8-15-11(10-9-16-17-18(10)6)12-13(2,3)14(12,4)5/h9,11-12,15H,7-8H2,1-6H3. The van der Waals surface area contributed by atoms with E-state index in [2.05, 4.69) is 50.2 Å². The van der Waals surface area contributed by atoms with Gasteiger partial charge in [0.25, 0.3) is 0 Å². The number of rotatable bonds is 5. The van der Waals surface area contributed by atoms with E-state index in [1.54, 1.807) is 0 Å². The van der Waals surface area contributed by atoms with Gasteiger partial charge in [0.15, 0.2) is 0 Å². The quantitative estimate of drug-likeness (QED) is 0.873. The maximum atomic E-state index is 4.08. The molecule has 102 valence electrons. The molecule has 0 saturated heterocycles. The molecule has 0 aliphatic heterocycles. The van der Waals surface area contributed by atoms with Gasteiger partial charge >= 0.3 is 0 Å². The second-order valence-electron chi connectivity index (χ2n) is 6.64. The fraction of sp³-hybridized carbons (Fsp3) is 0.857. The summed E-state index contributed by atoms with van der Waals surface area (Å²) in [4.78, 5) is 0. The number of hydrogen-bond donors (Lipinski definition) is 1. The largest absolute Gasteiger partial charge is 0.308 e. The molecule has 0 bridgehead atoms. The van der Waals surface area contributed by atoms with Crippen LogP contribution in [0.15, 0.2) is 6.20 Å². The molecule has 1 heterocycles. The van der Waals surface area contributed by atoms with E-state index in [0.717, 1.165) is 13.0 Å². The van der Waals surface area contributed by atoms with Crippen molar-refractivity contribution in [3.8, 4) is 0 Å². The lowest BCUT2D eigenvalue weighted by molar-refractivity contribution is 0.389. The Morgan fingerprint density at radius 1 is 1.33 bits per heavy atom. The van der Waals surface area contributed by atoms with Crippen molar-refractivity contribution in [2.75, 3.05) is 6.54 Å². The van der Waals surface area contributed by atoms with E-state index in [0.29, 0.717) is 22.8 Å². The fourth-order valence-electron chi connectivity index (χ4n) is 3.35. The van der Waals surface area contributed by atoms with Crippen molar-refractivity contribution in [2.24, 2.45) is 23.8 Å². The van der Waals surface area contributed by atoms with Crippen molar-refractivity contribution in [1.82, 2.24) is 20.3 Å². The second-order valence-corrected chi connectivity index (χ2v) is 6.64. The molecule has 4 heteroatoms. The third-order valence-electron chi connectivity index (χ3n) is 5.15. The van der Waals surface area contributed by atoms with Gasteiger partial charge in [0.2, 0.25) is 0 Å². The van der Waals surface area contributed by atoms with Crippen molar-refractivity contribution >= 4 is 0 Å². The first-order chi connectivity index (χ1) is 8.34. The summed E-state index contributed by atoms with van der Waals surface area (Å²) in [5.41, 5.74) is 1.93. The molecule has 1 aliphatic rings. The van der Waals surface area contributed by atoms with Gasteiger partial charge in [-0.3, -0.25) is 4.68 Å². The first kappa shape index (κ1) is 13.5. The summed E-state index contributed by atoms with van der Waals surface area (Å²) in [5, 5.41) is 11.8. The third kappa shape index (κ3) is 1.87. The molecule has 1 saturated carbocycles. The summed E-state index contributed by atoms with van der Waals surface area (Å²) in [7, 11) is 1.98. The van der Waals surface area contributed by atoms with Crippen LogP contribution in [0.2, 0.25) is 0 Å². The van der Waals surface area contributed by atoms with Crippen LogP contribution in [0.25, 0.3) is 0 Å². The molecule has 1 aliphatic carbocycles. The van der Waals surface area contributed by atoms with Crippen LogP contribution < -0.4 is 5.32 Å². The van der Waals surface area contributed by atoms with E-state index in [-0.39, 0.29) is 0 Å². The summed E-state index contributed by atoms with van der Waals surface area (Å²) in [5.74, 6) is 0.633. The van der Waals surface area contributed by atoms with Gasteiger partial charge in [-0.1, -0.05) is 39.8 Å². The molecule has 0 radical (unpaired) electrons. The van der Waals surface area contributed by atoms with Gasteiger partial charge < -0.3 is 5.32 Å². The minimum Gasteiger partial charge on any atom is -0.308 e. The highest BCUT2D eigenvalue weighted by atomic mass is 15.4. The van der Waals surface area contributed by atoms with Gasteiger partial charge in [-0.2, -0.15) is 0 Å². The highest BCUT2D eigenvalue weighted by Gasteiger charge is 2.67. The van der Waals surface area contributed by atoms with Crippen LogP contribution in [0.4, 0.5) is 0 Å². The molecule has 1 aromatic rings. The van der Waals surface area contributed by atoms with Crippen molar-refractivity contribution in [2.45, 2.75) is 47.1 Å². The normalized spacial score (nSPS) is 23.0. The number of aromatic nitrogens is 3. The monoisotopic (exact) mass is 250 g/mol. The highest BCUT2D eigenvalue weighted by Crippen LogP contribution is 2.72. The molecule has 1 atom stereocenters. The number of nitrogens with zero attached hydrogens (tertiary/aromatic N) is 3. The molecule has 0 amide bonds. The van der Waals surface area contributed by atoms with Crippen molar-refractivity contribution in [3.05, 3.63) is 11.9 Å². The van der Waals surface area contributed by atoms with E-state index in [1.807, 2.05) is 17.9 Å². The van der Waals surface area contributed by atoms with E-state index < -0.39 is 0 Å².